The van der Waals surface area contributed by atoms with Crippen molar-refractivity contribution in [1.29, 1.82) is 0 Å². The average Bonchev–Trinajstić information content (AvgIpc) is 3.37. The number of carbonyl (C=O) groups excluding carboxylic acids is 3. The third-order valence-electron chi connectivity index (χ3n) is 6.46. The first-order valence-electron chi connectivity index (χ1n) is 15.6. The topological polar surface area (TPSA) is 130 Å². The Kier molecular flexibility index (Phi) is 22.9. The van der Waals surface area contributed by atoms with Crippen LogP contribution in [0.1, 0.15) is 131 Å². The van der Waals surface area contributed by atoms with Crippen LogP contribution in [-0.2, 0) is 41.6 Å². The number of nitrogens with zero attached hydrogens (tertiary/aromatic N) is 3. The summed E-state index contributed by atoms with van der Waals surface area (Å²) in [5.74, 6) is -0.579. The maximum Gasteiger partial charge on any atom is 0.306 e. The standard InChI is InChI=1S/C29H51N3O6.C2H6O/c1-6-9-11-13-15-17-27(34)36-23-25(38-28(35)18-16-14-12-10-7-2)22-32-21-24(30-31-32)19-20-26(33)29(4,5)37-8-3;1-2-3/h21,25H,6-20,22-23H2,1-5H3;3H,2H2,1H3. The van der Waals surface area contributed by atoms with Crippen molar-refractivity contribution in [3.63, 3.8) is 0 Å². The van der Waals surface area contributed by atoms with Crippen LogP contribution in [0.15, 0.2) is 6.20 Å². The molecule has 1 rings (SSSR count). The summed E-state index contributed by atoms with van der Waals surface area (Å²) in [6.07, 6.45) is 12.9. The van der Waals surface area contributed by atoms with Gasteiger partial charge in [-0.2, -0.15) is 0 Å². The molecule has 1 unspecified atom stereocenters. The van der Waals surface area contributed by atoms with Crippen molar-refractivity contribution in [2.45, 2.75) is 150 Å². The minimum atomic E-state index is -0.833. The lowest BCUT2D eigenvalue weighted by atomic mass is 9.98. The lowest BCUT2D eigenvalue weighted by molar-refractivity contribution is -0.160. The lowest BCUT2D eigenvalue weighted by Gasteiger charge is -2.22. The second kappa shape index (κ2) is 24.3. The number of aryl methyl sites for hydroxylation is 1. The van der Waals surface area contributed by atoms with Crippen LogP contribution < -0.4 is 0 Å². The quantitative estimate of drug-likeness (QED) is 0.126. The Balaban J connectivity index is 0.00000509. The van der Waals surface area contributed by atoms with Gasteiger partial charge < -0.3 is 19.3 Å². The van der Waals surface area contributed by atoms with Crippen LogP contribution in [0.3, 0.4) is 0 Å². The van der Waals surface area contributed by atoms with E-state index in [1.165, 1.54) is 6.42 Å². The molecule has 0 saturated carbocycles. The Morgan fingerprint density at radius 3 is 2.00 bits per heavy atom. The first-order valence-corrected chi connectivity index (χ1v) is 15.6. The Bertz CT molecular complexity index is 826. The normalized spacial score (nSPS) is 11.9. The molecule has 1 heterocycles. The first-order chi connectivity index (χ1) is 19.6. The Morgan fingerprint density at radius 1 is 0.878 bits per heavy atom. The lowest BCUT2D eigenvalue weighted by Crippen LogP contribution is -2.35. The molecule has 0 radical (unpaired) electrons. The van der Waals surface area contributed by atoms with Crippen molar-refractivity contribution < 1.29 is 33.7 Å². The SMILES string of the molecule is CCCCCCCC(=O)OCC(Cn1cc(CCC(=O)C(C)(C)OCC)nn1)OC(=O)CCCCCCC.CCO. The van der Waals surface area contributed by atoms with Crippen LogP contribution in [0.25, 0.3) is 0 Å². The molecule has 0 aliphatic heterocycles. The van der Waals surface area contributed by atoms with Crippen molar-refractivity contribution in [2.24, 2.45) is 0 Å². The van der Waals surface area contributed by atoms with Gasteiger partial charge in [0, 0.05) is 45.1 Å². The highest BCUT2D eigenvalue weighted by molar-refractivity contribution is 5.86. The minimum Gasteiger partial charge on any atom is -0.462 e. The number of carbonyl (C=O) groups is 3. The van der Waals surface area contributed by atoms with Gasteiger partial charge in [0.05, 0.1) is 12.2 Å². The predicted molar refractivity (Wildman–Crippen MR) is 159 cm³/mol. The van der Waals surface area contributed by atoms with Gasteiger partial charge in [-0.3, -0.25) is 14.4 Å². The number of ketones is 1. The van der Waals surface area contributed by atoms with Crippen molar-refractivity contribution >= 4 is 17.7 Å². The molecule has 0 bridgehead atoms. The maximum absolute atomic E-state index is 12.5. The van der Waals surface area contributed by atoms with E-state index in [0.29, 0.717) is 31.6 Å². The van der Waals surface area contributed by atoms with Crippen molar-refractivity contribution in [3.05, 3.63) is 11.9 Å². The van der Waals surface area contributed by atoms with Gasteiger partial charge in [0.1, 0.15) is 12.2 Å². The molecular weight excluding hydrogens is 526 g/mol. The smallest absolute Gasteiger partial charge is 0.306 e. The number of aliphatic hydroxyl groups excluding tert-OH is 1. The van der Waals surface area contributed by atoms with Gasteiger partial charge in [0.2, 0.25) is 0 Å². The van der Waals surface area contributed by atoms with E-state index in [0.717, 1.165) is 57.8 Å². The summed E-state index contributed by atoms with van der Waals surface area (Å²) < 4.78 is 18.2. The molecule has 0 fully saturated rings. The summed E-state index contributed by atoms with van der Waals surface area (Å²) >= 11 is 0. The summed E-state index contributed by atoms with van der Waals surface area (Å²) in [7, 11) is 0. The zero-order valence-electron chi connectivity index (χ0n) is 26.6. The van der Waals surface area contributed by atoms with E-state index in [1.807, 2.05) is 6.92 Å². The molecule has 0 aliphatic carbocycles. The molecule has 10 nitrogen and oxygen atoms in total. The highest BCUT2D eigenvalue weighted by Crippen LogP contribution is 2.15. The molecular formula is C31H57N3O7. The van der Waals surface area contributed by atoms with Crippen LogP contribution >= 0.6 is 0 Å². The summed E-state index contributed by atoms with van der Waals surface area (Å²) in [6, 6.07) is 0. The number of Topliss-reactive ketones (excluding diaryl/α,β-unsaturated/α-hetero) is 1. The third-order valence-corrected chi connectivity index (χ3v) is 6.46. The van der Waals surface area contributed by atoms with Gasteiger partial charge in [-0.15, -0.1) is 5.10 Å². The number of ether oxygens (including phenoxy) is 3. The Morgan fingerprint density at radius 2 is 1.44 bits per heavy atom. The zero-order chi connectivity index (χ0) is 30.9. The summed E-state index contributed by atoms with van der Waals surface area (Å²) in [6.45, 7) is 12.3. The molecule has 41 heavy (non-hydrogen) atoms. The molecule has 0 aliphatic rings. The van der Waals surface area contributed by atoms with E-state index in [-0.39, 0.29) is 43.9 Å². The fraction of sp³-hybridized carbons (Fsp3) is 0.839. The number of aromatic nitrogens is 3. The van der Waals surface area contributed by atoms with E-state index in [2.05, 4.69) is 24.2 Å². The monoisotopic (exact) mass is 583 g/mol. The molecule has 0 aromatic carbocycles. The number of unbranched alkanes of at least 4 members (excludes halogenated alkanes) is 8. The zero-order valence-corrected chi connectivity index (χ0v) is 26.6. The summed E-state index contributed by atoms with van der Waals surface area (Å²) in [4.78, 5) is 37.2. The second-order valence-electron chi connectivity index (χ2n) is 10.7. The van der Waals surface area contributed by atoms with Crippen LogP contribution in [-0.4, -0.2) is 69.3 Å². The molecule has 1 aromatic rings. The molecule has 1 N–H and O–H groups in total. The average molecular weight is 584 g/mol. The van der Waals surface area contributed by atoms with Gasteiger partial charge in [-0.05, 0) is 40.5 Å². The minimum absolute atomic E-state index is 0.00116. The van der Waals surface area contributed by atoms with E-state index >= 15 is 0 Å². The van der Waals surface area contributed by atoms with Gasteiger partial charge >= 0.3 is 11.9 Å². The number of aliphatic hydroxyl groups is 1. The van der Waals surface area contributed by atoms with E-state index in [1.54, 1.807) is 31.6 Å². The number of rotatable bonds is 23. The molecule has 0 amide bonds. The molecule has 10 heteroatoms. The van der Waals surface area contributed by atoms with Gasteiger partial charge in [-0.1, -0.05) is 70.4 Å². The van der Waals surface area contributed by atoms with Gasteiger partial charge in [0.15, 0.2) is 11.9 Å². The van der Waals surface area contributed by atoms with E-state index in [9.17, 15) is 14.4 Å². The molecule has 1 atom stereocenters. The third kappa shape index (κ3) is 20.2. The number of hydrogen-bond acceptors (Lipinski definition) is 9. The van der Waals surface area contributed by atoms with Crippen molar-refractivity contribution in [3.8, 4) is 0 Å². The molecule has 0 spiro atoms. The van der Waals surface area contributed by atoms with Crippen LogP contribution in [0.4, 0.5) is 0 Å². The molecule has 0 saturated heterocycles. The second-order valence-corrected chi connectivity index (χ2v) is 10.7. The highest BCUT2D eigenvalue weighted by atomic mass is 16.6. The highest BCUT2D eigenvalue weighted by Gasteiger charge is 2.27. The van der Waals surface area contributed by atoms with Crippen molar-refractivity contribution in [1.82, 2.24) is 15.0 Å². The maximum atomic E-state index is 12.5. The fourth-order valence-corrected chi connectivity index (χ4v) is 4.11. The summed E-state index contributed by atoms with van der Waals surface area (Å²) in [5.41, 5.74) is -0.170. The van der Waals surface area contributed by atoms with Crippen LogP contribution in [0.2, 0.25) is 0 Å². The number of esters is 2. The van der Waals surface area contributed by atoms with Gasteiger partial charge in [-0.25, -0.2) is 4.68 Å². The fourth-order valence-electron chi connectivity index (χ4n) is 4.11. The first kappa shape index (κ1) is 38.7. The predicted octanol–water partition coefficient (Wildman–Crippen LogP) is 5.77. The molecule has 238 valence electrons. The van der Waals surface area contributed by atoms with E-state index in [4.69, 9.17) is 19.3 Å². The Labute approximate surface area is 247 Å². The summed E-state index contributed by atoms with van der Waals surface area (Å²) in [5, 5.41) is 15.9. The van der Waals surface area contributed by atoms with Gasteiger partial charge in [0.25, 0.3) is 0 Å². The largest absolute Gasteiger partial charge is 0.462 e. The van der Waals surface area contributed by atoms with Crippen molar-refractivity contribution in [2.75, 3.05) is 19.8 Å². The van der Waals surface area contributed by atoms with Crippen LogP contribution in [0, 0.1) is 0 Å². The van der Waals surface area contributed by atoms with Crippen LogP contribution in [0.5, 0.6) is 0 Å². The molecule has 1 aromatic heterocycles. The number of hydrogen-bond donors (Lipinski definition) is 1. The van der Waals surface area contributed by atoms with E-state index < -0.39 is 11.7 Å². The Hall–Kier alpha value is -2.33.